The van der Waals surface area contributed by atoms with Crippen LogP contribution in [0.2, 0.25) is 0 Å². The van der Waals surface area contributed by atoms with E-state index < -0.39 is 30.0 Å². The van der Waals surface area contributed by atoms with Gasteiger partial charge < -0.3 is 9.11 Å². The van der Waals surface area contributed by atoms with Crippen LogP contribution in [0.25, 0.3) is 21.5 Å². The first-order valence-corrected chi connectivity index (χ1v) is 11.4. The van der Waals surface area contributed by atoms with Gasteiger partial charge >= 0.3 is 27.7 Å². The number of hydrogen-bond acceptors (Lipinski definition) is 6. The van der Waals surface area contributed by atoms with Crippen molar-refractivity contribution in [3.8, 4) is 0 Å². The molecule has 0 fully saturated rings. The molecule has 0 saturated heterocycles. The molecule has 0 atom stereocenters. The van der Waals surface area contributed by atoms with E-state index in [1.807, 2.05) is 0 Å². The van der Waals surface area contributed by atoms with Gasteiger partial charge in [-0.3, -0.25) is 0 Å². The molecule has 30 heavy (non-hydrogen) atoms. The molecule has 0 saturated carbocycles. The van der Waals surface area contributed by atoms with Gasteiger partial charge in [0.15, 0.2) is 0 Å². The average molecular weight is 627 g/mol. The maximum atomic E-state index is 11.8. The predicted octanol–water partition coefficient (Wildman–Crippen LogP) is 3.39. The smallest absolute Gasteiger partial charge is 0.744 e. The Morgan fingerprint density at radius 2 is 0.867 bits per heavy atom. The van der Waals surface area contributed by atoms with E-state index in [9.17, 15) is 25.9 Å². The molecule has 0 aliphatic heterocycles. The third-order valence-electron chi connectivity index (χ3n) is 4.78. The molecule has 0 amide bonds. The zero-order valence-corrected chi connectivity index (χ0v) is 22.7. The summed E-state index contributed by atoms with van der Waals surface area (Å²) in [6, 6.07) is 19.5. The minimum absolute atomic E-state index is 0. The van der Waals surface area contributed by atoms with E-state index in [4.69, 9.17) is 0 Å². The van der Waals surface area contributed by atoms with Crippen molar-refractivity contribution in [3.05, 3.63) is 83.9 Å². The number of rotatable bonds is 4. The molecular formula is C21H14HgO6S2. The van der Waals surface area contributed by atoms with Crippen LogP contribution in [0.15, 0.2) is 82.6 Å². The van der Waals surface area contributed by atoms with Crippen LogP contribution < -0.4 is 0 Å². The molecule has 6 nitrogen and oxygen atoms in total. The summed E-state index contributed by atoms with van der Waals surface area (Å²) in [5.74, 6) is 0. The molecule has 0 aliphatic rings. The summed E-state index contributed by atoms with van der Waals surface area (Å²) in [6.45, 7) is 0. The standard InChI is InChI=1S/C21H16O6S2.Hg/c22-28(23,24)20-12-16-7-3-1-5-14(16)9-18(20)11-19-10-15-6-2-4-8-17(15)13-21(19)29(25,26)27;/h1-10,12-13H,11H2,(H,22,23,24)(H,25,26,27);/q;+2/p-2. The molecule has 0 heterocycles. The van der Waals surface area contributed by atoms with Crippen LogP contribution in [-0.4, -0.2) is 25.9 Å². The van der Waals surface area contributed by atoms with Gasteiger partial charge in [0.05, 0.1) is 9.79 Å². The first kappa shape index (κ1) is 22.8. The zero-order chi connectivity index (χ0) is 20.8. The van der Waals surface area contributed by atoms with Crippen LogP contribution in [0.5, 0.6) is 0 Å². The predicted molar refractivity (Wildman–Crippen MR) is 107 cm³/mol. The zero-order valence-electron chi connectivity index (χ0n) is 15.6. The number of hydrogen-bond donors (Lipinski definition) is 0. The van der Waals surface area contributed by atoms with Gasteiger partial charge in [0.1, 0.15) is 20.2 Å². The van der Waals surface area contributed by atoms with Gasteiger partial charge in [0.25, 0.3) is 0 Å². The van der Waals surface area contributed by atoms with Crippen LogP contribution >= 0.6 is 0 Å². The van der Waals surface area contributed by atoms with Crippen LogP contribution in [0.4, 0.5) is 0 Å². The van der Waals surface area contributed by atoms with Crippen molar-refractivity contribution in [1.29, 1.82) is 0 Å². The monoisotopic (exact) mass is 628 g/mol. The molecule has 0 radical (unpaired) electrons. The summed E-state index contributed by atoms with van der Waals surface area (Å²) in [7, 11) is -9.63. The van der Waals surface area contributed by atoms with Crippen LogP contribution in [0.1, 0.15) is 11.1 Å². The average Bonchev–Trinajstić information content (AvgIpc) is 2.65. The summed E-state index contributed by atoms with van der Waals surface area (Å²) in [6.07, 6.45) is -0.191. The SMILES string of the molecule is O=S(=O)([O-])c1cc2ccccc2cc1Cc1cc2ccccc2cc1S(=O)(=O)[O-].[Hg+2]. The Balaban J connectivity index is 0.00000256. The minimum Gasteiger partial charge on any atom is -0.744 e. The fraction of sp³-hybridized carbons (Fsp3) is 0.0476. The van der Waals surface area contributed by atoms with Gasteiger partial charge in [-0.2, -0.15) is 0 Å². The third-order valence-corrected chi connectivity index (χ3v) is 6.61. The van der Waals surface area contributed by atoms with E-state index >= 15 is 0 Å². The molecule has 4 aromatic carbocycles. The summed E-state index contributed by atoms with van der Waals surface area (Å²) in [5.41, 5.74) is 0.276. The molecule has 0 spiro atoms. The van der Waals surface area contributed by atoms with Crippen molar-refractivity contribution in [2.24, 2.45) is 0 Å². The van der Waals surface area contributed by atoms with Crippen molar-refractivity contribution < 1.29 is 53.6 Å². The van der Waals surface area contributed by atoms with Crippen LogP contribution in [0, 0.1) is 0 Å². The van der Waals surface area contributed by atoms with Gasteiger partial charge in [-0.1, -0.05) is 48.5 Å². The van der Waals surface area contributed by atoms with E-state index in [-0.39, 0.29) is 45.2 Å². The fourth-order valence-corrected chi connectivity index (χ4v) is 4.93. The number of fused-ring (bicyclic) bond motifs is 2. The Kier molecular flexibility index (Phi) is 6.36. The van der Waals surface area contributed by atoms with Crippen molar-refractivity contribution in [2.75, 3.05) is 0 Å². The molecule has 0 aliphatic carbocycles. The Hall–Kier alpha value is -1.84. The molecule has 4 aromatic rings. The second-order valence-electron chi connectivity index (χ2n) is 6.70. The molecule has 148 valence electrons. The maximum absolute atomic E-state index is 11.8. The van der Waals surface area contributed by atoms with E-state index in [2.05, 4.69) is 0 Å². The normalized spacial score (nSPS) is 12.1. The Morgan fingerprint density at radius 3 is 1.17 bits per heavy atom. The molecule has 4 rings (SSSR count). The summed E-state index contributed by atoms with van der Waals surface area (Å²) in [5, 5.41) is 2.53. The van der Waals surface area contributed by atoms with E-state index in [1.54, 1.807) is 48.5 Å². The molecule has 0 bridgehead atoms. The van der Waals surface area contributed by atoms with E-state index in [0.29, 0.717) is 21.5 Å². The van der Waals surface area contributed by atoms with E-state index in [0.717, 1.165) is 0 Å². The molecular weight excluding hydrogens is 613 g/mol. The van der Waals surface area contributed by atoms with Crippen LogP contribution in [0.3, 0.4) is 0 Å². The molecule has 0 aromatic heterocycles. The van der Waals surface area contributed by atoms with Gasteiger partial charge in [-0.15, -0.1) is 0 Å². The van der Waals surface area contributed by atoms with Gasteiger partial charge in [0, 0.05) is 0 Å². The van der Waals surface area contributed by atoms with Crippen LogP contribution in [-0.2, 0) is 54.3 Å². The molecule has 0 unspecified atom stereocenters. The summed E-state index contributed by atoms with van der Waals surface area (Å²) in [4.78, 5) is -0.864. The first-order chi connectivity index (χ1) is 13.6. The Morgan fingerprint density at radius 1 is 0.567 bits per heavy atom. The van der Waals surface area contributed by atoms with E-state index in [1.165, 1.54) is 24.3 Å². The maximum Gasteiger partial charge on any atom is 2.00 e. The van der Waals surface area contributed by atoms with Crippen molar-refractivity contribution >= 4 is 41.8 Å². The second kappa shape index (κ2) is 8.35. The third kappa shape index (κ3) is 4.57. The Labute approximate surface area is 194 Å². The van der Waals surface area contributed by atoms with Crippen molar-refractivity contribution in [1.82, 2.24) is 0 Å². The van der Waals surface area contributed by atoms with Crippen molar-refractivity contribution in [3.63, 3.8) is 0 Å². The van der Waals surface area contributed by atoms with Gasteiger partial charge in [-0.05, 0) is 63.4 Å². The quantitative estimate of drug-likeness (QED) is 0.253. The second-order valence-corrected chi connectivity index (χ2v) is 9.40. The Bertz CT molecular complexity index is 1370. The fourth-order valence-electron chi connectivity index (χ4n) is 3.48. The minimum atomic E-state index is -4.81. The van der Waals surface area contributed by atoms with Gasteiger partial charge in [-0.25, -0.2) is 16.8 Å². The van der Waals surface area contributed by atoms with Crippen molar-refractivity contribution in [2.45, 2.75) is 16.2 Å². The summed E-state index contributed by atoms with van der Waals surface area (Å²) >= 11 is 0. The largest absolute Gasteiger partial charge is 2.00 e. The number of benzene rings is 4. The molecule has 9 heteroatoms. The first-order valence-electron chi connectivity index (χ1n) is 8.58. The van der Waals surface area contributed by atoms with Gasteiger partial charge in [0.2, 0.25) is 0 Å². The molecule has 0 N–H and O–H groups in total. The summed E-state index contributed by atoms with van der Waals surface area (Å²) < 4.78 is 71.1. The topological polar surface area (TPSA) is 114 Å².